The second kappa shape index (κ2) is 9.24. The zero-order valence-corrected chi connectivity index (χ0v) is 16.6. The predicted octanol–water partition coefficient (Wildman–Crippen LogP) is 2.05. The number of benzene rings is 1. The Kier molecular flexibility index (Phi) is 6.74. The van der Waals surface area contributed by atoms with Crippen LogP contribution in [0.3, 0.4) is 0 Å². The molecule has 0 aliphatic carbocycles. The van der Waals surface area contributed by atoms with Crippen molar-refractivity contribution in [3.63, 3.8) is 0 Å². The van der Waals surface area contributed by atoms with Crippen LogP contribution < -0.4 is 0 Å². The van der Waals surface area contributed by atoms with E-state index in [1.54, 1.807) is 24.3 Å². The first-order valence-electron chi connectivity index (χ1n) is 8.75. The van der Waals surface area contributed by atoms with Gasteiger partial charge in [-0.3, -0.25) is 24.1 Å². The van der Waals surface area contributed by atoms with Gasteiger partial charge in [-0.25, -0.2) is 4.79 Å². The summed E-state index contributed by atoms with van der Waals surface area (Å²) in [6.07, 6.45) is 0.778. The van der Waals surface area contributed by atoms with E-state index in [2.05, 4.69) is 0 Å². The summed E-state index contributed by atoms with van der Waals surface area (Å²) < 4.78 is 0. The zero-order chi connectivity index (χ0) is 20.1. The molecule has 0 saturated carbocycles. The van der Waals surface area contributed by atoms with Crippen LogP contribution in [-0.2, 0) is 19.2 Å². The number of amides is 4. The molecular formula is C18H18N2O6S2. The summed E-state index contributed by atoms with van der Waals surface area (Å²) in [6.45, 7) is 0.325. The summed E-state index contributed by atoms with van der Waals surface area (Å²) in [5.74, 6) is -0.880. The third-order valence-corrected chi connectivity index (χ3v) is 6.64. The van der Waals surface area contributed by atoms with Crippen LogP contribution in [0, 0.1) is 0 Å². The molecule has 2 aliphatic rings. The first kappa shape index (κ1) is 20.4. The molecule has 2 aliphatic heterocycles. The van der Waals surface area contributed by atoms with Gasteiger partial charge in [-0.05, 0) is 18.6 Å². The van der Waals surface area contributed by atoms with Gasteiger partial charge in [0.05, 0.1) is 11.1 Å². The summed E-state index contributed by atoms with van der Waals surface area (Å²) in [5, 5.41) is 0.548. The number of carbonyl (C=O) groups excluding carboxylic acids is 5. The summed E-state index contributed by atoms with van der Waals surface area (Å²) in [6, 6.07) is 6.77. The SMILES string of the molecule is O=C(CCCSSCCN1C(=O)c2ccccc2C1=O)ON1C(=O)CCC1=O. The van der Waals surface area contributed by atoms with E-state index in [1.807, 2.05) is 0 Å². The molecule has 2 heterocycles. The molecule has 4 amide bonds. The van der Waals surface area contributed by atoms with Crippen LogP contribution in [0.4, 0.5) is 0 Å². The van der Waals surface area contributed by atoms with Gasteiger partial charge in [-0.1, -0.05) is 33.7 Å². The van der Waals surface area contributed by atoms with Crippen molar-refractivity contribution < 1.29 is 28.8 Å². The molecular weight excluding hydrogens is 404 g/mol. The van der Waals surface area contributed by atoms with Crippen molar-refractivity contribution in [2.24, 2.45) is 0 Å². The monoisotopic (exact) mass is 422 g/mol. The Hall–Kier alpha value is -2.33. The standard InChI is InChI=1S/C18H18N2O6S2/c21-14-7-8-15(22)20(14)26-16(23)6-3-10-27-28-11-9-19-17(24)12-4-1-2-5-13(12)18(19)25/h1-2,4-5H,3,6-11H2. The van der Waals surface area contributed by atoms with E-state index in [-0.39, 0.29) is 31.1 Å². The maximum absolute atomic E-state index is 12.2. The highest BCUT2D eigenvalue weighted by Crippen LogP contribution is 2.26. The smallest absolute Gasteiger partial charge is 0.330 e. The summed E-state index contributed by atoms with van der Waals surface area (Å²) in [7, 11) is 3.03. The number of imide groups is 2. The van der Waals surface area contributed by atoms with Crippen molar-refractivity contribution in [1.29, 1.82) is 0 Å². The Morgan fingerprint density at radius 3 is 2.11 bits per heavy atom. The summed E-state index contributed by atoms with van der Waals surface area (Å²) in [4.78, 5) is 64.9. The Morgan fingerprint density at radius 2 is 1.50 bits per heavy atom. The van der Waals surface area contributed by atoms with Crippen LogP contribution in [0.2, 0.25) is 0 Å². The number of rotatable bonds is 9. The third kappa shape index (κ3) is 4.56. The molecule has 0 spiro atoms. The molecule has 1 fully saturated rings. The second-order valence-corrected chi connectivity index (χ2v) is 8.80. The average Bonchev–Trinajstić information content (AvgIpc) is 3.13. The minimum absolute atomic E-state index is 0.0751. The zero-order valence-electron chi connectivity index (χ0n) is 14.9. The maximum atomic E-state index is 12.2. The molecule has 0 bridgehead atoms. The van der Waals surface area contributed by atoms with Crippen molar-refractivity contribution in [3.05, 3.63) is 35.4 Å². The van der Waals surface area contributed by atoms with E-state index in [9.17, 15) is 24.0 Å². The highest BCUT2D eigenvalue weighted by atomic mass is 33.1. The average molecular weight is 422 g/mol. The highest BCUT2D eigenvalue weighted by molar-refractivity contribution is 8.76. The van der Waals surface area contributed by atoms with E-state index in [0.717, 1.165) is 0 Å². The van der Waals surface area contributed by atoms with Gasteiger partial charge in [0.15, 0.2) is 0 Å². The molecule has 1 aromatic rings. The van der Waals surface area contributed by atoms with Crippen molar-refractivity contribution in [2.75, 3.05) is 18.1 Å². The molecule has 1 aromatic carbocycles. The van der Waals surface area contributed by atoms with Crippen LogP contribution in [0.5, 0.6) is 0 Å². The van der Waals surface area contributed by atoms with Gasteiger partial charge in [-0.2, -0.15) is 0 Å². The Balaban J connectivity index is 1.28. The molecule has 0 aromatic heterocycles. The van der Waals surface area contributed by atoms with Crippen LogP contribution >= 0.6 is 21.6 Å². The van der Waals surface area contributed by atoms with Crippen LogP contribution in [0.1, 0.15) is 46.4 Å². The lowest BCUT2D eigenvalue weighted by atomic mass is 10.1. The molecule has 0 radical (unpaired) electrons. The van der Waals surface area contributed by atoms with Gasteiger partial charge in [0.25, 0.3) is 23.6 Å². The summed E-state index contributed by atoms with van der Waals surface area (Å²) in [5.41, 5.74) is 0.886. The van der Waals surface area contributed by atoms with E-state index in [0.29, 0.717) is 40.7 Å². The second-order valence-electron chi connectivity index (χ2n) is 6.10. The van der Waals surface area contributed by atoms with Gasteiger partial charge in [-0.15, -0.1) is 5.06 Å². The number of hydroxylamine groups is 2. The van der Waals surface area contributed by atoms with Crippen molar-refractivity contribution in [1.82, 2.24) is 9.96 Å². The van der Waals surface area contributed by atoms with Gasteiger partial charge < -0.3 is 4.84 Å². The fourth-order valence-corrected chi connectivity index (χ4v) is 4.81. The molecule has 8 nitrogen and oxygen atoms in total. The van der Waals surface area contributed by atoms with Crippen molar-refractivity contribution >= 4 is 51.2 Å². The van der Waals surface area contributed by atoms with E-state index in [1.165, 1.54) is 26.5 Å². The molecule has 10 heteroatoms. The number of fused-ring (bicyclic) bond motifs is 1. The normalized spacial score (nSPS) is 16.1. The Bertz CT molecular complexity index is 777. The van der Waals surface area contributed by atoms with Gasteiger partial charge in [0.1, 0.15) is 0 Å². The number of nitrogens with zero attached hydrogens (tertiary/aromatic N) is 2. The van der Waals surface area contributed by atoms with Crippen molar-refractivity contribution in [3.8, 4) is 0 Å². The van der Waals surface area contributed by atoms with E-state index >= 15 is 0 Å². The van der Waals surface area contributed by atoms with Crippen LogP contribution in [0.25, 0.3) is 0 Å². The molecule has 0 atom stereocenters. The van der Waals surface area contributed by atoms with Gasteiger partial charge in [0, 0.05) is 37.3 Å². The Labute approximate surface area is 169 Å². The van der Waals surface area contributed by atoms with Crippen molar-refractivity contribution in [2.45, 2.75) is 25.7 Å². The first-order chi connectivity index (χ1) is 13.5. The lowest BCUT2D eigenvalue weighted by molar-refractivity contribution is -0.197. The minimum Gasteiger partial charge on any atom is -0.330 e. The largest absolute Gasteiger partial charge is 0.333 e. The van der Waals surface area contributed by atoms with E-state index < -0.39 is 17.8 Å². The lowest BCUT2D eigenvalue weighted by Gasteiger charge is -2.13. The molecule has 148 valence electrons. The number of carbonyl (C=O) groups is 5. The highest BCUT2D eigenvalue weighted by Gasteiger charge is 2.34. The topological polar surface area (TPSA) is 101 Å². The maximum Gasteiger partial charge on any atom is 0.333 e. The Morgan fingerprint density at radius 1 is 0.929 bits per heavy atom. The van der Waals surface area contributed by atoms with Crippen LogP contribution in [0.15, 0.2) is 24.3 Å². The van der Waals surface area contributed by atoms with Gasteiger partial charge >= 0.3 is 5.97 Å². The fraction of sp³-hybridized carbons (Fsp3) is 0.389. The number of hydrogen-bond acceptors (Lipinski definition) is 8. The first-order valence-corrected chi connectivity index (χ1v) is 11.2. The molecule has 0 unspecified atom stereocenters. The molecule has 3 rings (SSSR count). The predicted molar refractivity (Wildman–Crippen MR) is 103 cm³/mol. The van der Waals surface area contributed by atoms with E-state index in [4.69, 9.17) is 4.84 Å². The molecule has 1 saturated heterocycles. The molecule has 28 heavy (non-hydrogen) atoms. The fourth-order valence-electron chi connectivity index (χ4n) is 2.77. The number of hydrogen-bond donors (Lipinski definition) is 0. The minimum atomic E-state index is -0.611. The quantitative estimate of drug-likeness (QED) is 0.339. The summed E-state index contributed by atoms with van der Waals surface area (Å²) >= 11 is 0. The van der Waals surface area contributed by atoms with Gasteiger partial charge in [0.2, 0.25) is 0 Å². The molecule has 0 N–H and O–H groups in total. The van der Waals surface area contributed by atoms with Crippen LogP contribution in [-0.4, -0.2) is 57.6 Å². The lowest BCUT2D eigenvalue weighted by Crippen LogP contribution is -2.32. The third-order valence-electron chi connectivity index (χ3n) is 4.17.